The second-order valence-corrected chi connectivity index (χ2v) is 1.03. The maximum atomic E-state index is 8.11. The first-order valence-corrected chi connectivity index (χ1v) is 1.56. The molecule has 0 aliphatic rings. The van der Waals surface area contributed by atoms with E-state index in [1.807, 2.05) is 0 Å². The van der Waals surface area contributed by atoms with Crippen LogP contribution < -0.4 is 12.4 Å². The van der Waals surface area contributed by atoms with E-state index in [2.05, 4.69) is 0 Å². The van der Waals surface area contributed by atoms with Crippen molar-refractivity contribution < 1.29 is 33.6 Å². The summed E-state index contributed by atoms with van der Waals surface area (Å²) in [6.45, 7) is 1.39. The SMILES string of the molecule is CC(O)CO.O.[Al+3].[Cl-].[OH-]. The summed E-state index contributed by atoms with van der Waals surface area (Å²) < 4.78 is 0. The van der Waals surface area contributed by atoms with Crippen molar-refractivity contribution in [1.29, 1.82) is 0 Å². The fourth-order valence-electron chi connectivity index (χ4n) is 0. The number of rotatable bonds is 1. The molecule has 6 heteroatoms. The third-order valence-corrected chi connectivity index (χ3v) is 0.264. The van der Waals surface area contributed by atoms with Gasteiger partial charge in [0, 0.05) is 0 Å². The summed E-state index contributed by atoms with van der Waals surface area (Å²) in [7, 11) is 0. The van der Waals surface area contributed by atoms with Crippen LogP contribution in [0.4, 0.5) is 0 Å². The van der Waals surface area contributed by atoms with Gasteiger partial charge in [0.1, 0.15) is 0 Å². The standard InChI is InChI=1S/C3H8O2.Al.ClH.2H2O/c1-3(5)2-4;;;;/h3-5H,2H2,1H3;;1H;2*1H2/q;+3;;;/p-2. The second kappa shape index (κ2) is 23.4. The van der Waals surface area contributed by atoms with Crippen LogP contribution in [0, 0.1) is 0 Å². The van der Waals surface area contributed by atoms with Crippen molar-refractivity contribution in [3.8, 4) is 0 Å². The van der Waals surface area contributed by atoms with Crippen LogP contribution in [0.1, 0.15) is 6.92 Å². The van der Waals surface area contributed by atoms with Gasteiger partial charge >= 0.3 is 17.4 Å². The van der Waals surface area contributed by atoms with Crippen LogP contribution in [0.2, 0.25) is 0 Å². The Balaban J connectivity index is -0.0000000133. The van der Waals surface area contributed by atoms with E-state index in [0.717, 1.165) is 0 Å². The van der Waals surface area contributed by atoms with Crippen LogP contribution in [-0.2, 0) is 0 Å². The maximum absolute atomic E-state index is 8.11. The van der Waals surface area contributed by atoms with E-state index in [9.17, 15) is 0 Å². The van der Waals surface area contributed by atoms with Crippen LogP contribution >= 0.6 is 0 Å². The quantitative estimate of drug-likeness (QED) is 0.388. The Morgan fingerprint density at radius 2 is 1.56 bits per heavy atom. The molecule has 1 unspecified atom stereocenters. The summed E-state index contributed by atoms with van der Waals surface area (Å²) in [5.74, 6) is 0. The topological polar surface area (TPSA) is 102 Å². The Hall–Kier alpha value is 0.662. The number of halogens is 1. The molecule has 1 atom stereocenters. The molecular weight excluding hydrogens is 162 g/mol. The zero-order valence-corrected chi connectivity index (χ0v) is 6.99. The Bertz CT molecular complexity index is 29.8. The molecule has 0 rings (SSSR count). The summed E-state index contributed by atoms with van der Waals surface area (Å²) in [6.07, 6.45) is -0.560. The first-order chi connectivity index (χ1) is 2.27. The van der Waals surface area contributed by atoms with Crippen molar-refractivity contribution >= 4 is 17.4 Å². The molecule has 0 saturated carbocycles. The molecular formula is C3H11AlClO4+. The van der Waals surface area contributed by atoms with Crippen molar-refractivity contribution in [2.75, 3.05) is 6.61 Å². The van der Waals surface area contributed by atoms with E-state index in [0.29, 0.717) is 0 Å². The monoisotopic (exact) mass is 173 g/mol. The van der Waals surface area contributed by atoms with Gasteiger partial charge in [0.25, 0.3) is 0 Å². The predicted molar refractivity (Wildman–Crippen MR) is 30.1 cm³/mol. The van der Waals surface area contributed by atoms with Gasteiger partial charge in [0.2, 0.25) is 0 Å². The average molecular weight is 174 g/mol. The summed E-state index contributed by atoms with van der Waals surface area (Å²) in [5, 5.41) is 16.0. The van der Waals surface area contributed by atoms with E-state index in [1.165, 1.54) is 6.92 Å². The second-order valence-electron chi connectivity index (χ2n) is 1.03. The molecule has 0 aromatic rings. The fraction of sp³-hybridized carbons (Fsp3) is 1.00. The van der Waals surface area contributed by atoms with Gasteiger partial charge in [-0.05, 0) is 6.92 Å². The third-order valence-electron chi connectivity index (χ3n) is 0.264. The number of aliphatic hydroxyl groups excluding tert-OH is 2. The Morgan fingerprint density at radius 1 is 1.44 bits per heavy atom. The van der Waals surface area contributed by atoms with Crippen molar-refractivity contribution in [2.24, 2.45) is 0 Å². The van der Waals surface area contributed by atoms with Crippen molar-refractivity contribution in [2.45, 2.75) is 13.0 Å². The molecule has 0 aliphatic carbocycles. The number of aliphatic hydroxyl groups is 2. The fourth-order valence-corrected chi connectivity index (χ4v) is 0. The number of hydrogen-bond acceptors (Lipinski definition) is 3. The predicted octanol–water partition coefficient (Wildman–Crippen LogP) is -5.02. The Labute approximate surface area is 71.0 Å². The van der Waals surface area contributed by atoms with E-state index in [4.69, 9.17) is 10.2 Å². The van der Waals surface area contributed by atoms with Gasteiger partial charge in [-0.15, -0.1) is 0 Å². The summed E-state index contributed by atoms with van der Waals surface area (Å²) in [6, 6.07) is 0. The molecule has 0 amide bonds. The zero-order chi connectivity index (χ0) is 4.28. The molecule has 9 heavy (non-hydrogen) atoms. The minimum absolute atomic E-state index is 0. The molecule has 0 aliphatic heterocycles. The molecule has 0 fully saturated rings. The Morgan fingerprint density at radius 3 is 1.56 bits per heavy atom. The van der Waals surface area contributed by atoms with Gasteiger partial charge in [-0.2, -0.15) is 0 Å². The van der Waals surface area contributed by atoms with Gasteiger partial charge in [0.05, 0.1) is 12.7 Å². The van der Waals surface area contributed by atoms with E-state index >= 15 is 0 Å². The van der Waals surface area contributed by atoms with Crippen LogP contribution in [0.15, 0.2) is 0 Å². The Kier molecular flexibility index (Phi) is 86.7. The van der Waals surface area contributed by atoms with Gasteiger partial charge in [-0.25, -0.2) is 0 Å². The molecule has 0 bridgehead atoms. The first-order valence-electron chi connectivity index (χ1n) is 1.56. The van der Waals surface area contributed by atoms with E-state index in [-0.39, 0.29) is 47.3 Å². The van der Waals surface area contributed by atoms with Gasteiger partial charge in [-0.1, -0.05) is 0 Å². The molecule has 5 N–H and O–H groups in total. The van der Waals surface area contributed by atoms with Crippen LogP contribution in [-0.4, -0.2) is 51.2 Å². The van der Waals surface area contributed by atoms with Crippen molar-refractivity contribution in [1.82, 2.24) is 0 Å². The average Bonchev–Trinajstić information content (AvgIpc) is 1.38. The summed E-state index contributed by atoms with van der Waals surface area (Å²) in [5.41, 5.74) is 0. The smallest absolute Gasteiger partial charge is 1.00 e. The molecule has 4 nitrogen and oxygen atoms in total. The van der Waals surface area contributed by atoms with E-state index in [1.54, 1.807) is 0 Å². The van der Waals surface area contributed by atoms with Crippen LogP contribution in [0.25, 0.3) is 0 Å². The van der Waals surface area contributed by atoms with Gasteiger partial charge in [0.15, 0.2) is 0 Å². The first kappa shape index (κ1) is 33.4. The van der Waals surface area contributed by atoms with E-state index < -0.39 is 6.10 Å². The molecule has 56 valence electrons. The molecule has 0 aromatic heterocycles. The van der Waals surface area contributed by atoms with Crippen LogP contribution in [0.3, 0.4) is 0 Å². The van der Waals surface area contributed by atoms with Crippen molar-refractivity contribution in [3.05, 3.63) is 0 Å². The largest absolute Gasteiger partial charge is 3.00 e. The number of hydrogen-bond donors (Lipinski definition) is 2. The third kappa shape index (κ3) is 54.2. The van der Waals surface area contributed by atoms with Crippen molar-refractivity contribution in [3.63, 3.8) is 0 Å². The van der Waals surface area contributed by atoms with Gasteiger partial charge in [-0.3, -0.25) is 0 Å². The van der Waals surface area contributed by atoms with Crippen LogP contribution in [0.5, 0.6) is 0 Å². The summed E-state index contributed by atoms with van der Waals surface area (Å²) in [4.78, 5) is 0. The molecule has 0 heterocycles. The maximum Gasteiger partial charge on any atom is 3.00 e. The minimum Gasteiger partial charge on any atom is -1.00 e. The summed E-state index contributed by atoms with van der Waals surface area (Å²) >= 11 is 0. The molecule has 0 aromatic carbocycles. The molecule has 0 saturated heterocycles. The zero-order valence-electron chi connectivity index (χ0n) is 5.08. The van der Waals surface area contributed by atoms with Gasteiger partial charge < -0.3 is 33.6 Å². The molecule has 0 radical (unpaired) electrons. The minimum atomic E-state index is -0.560. The molecule has 0 spiro atoms. The normalized spacial score (nSPS) is 8.33.